The van der Waals surface area contributed by atoms with Crippen LogP contribution in [0.3, 0.4) is 0 Å². The molecular weight excluding hydrogens is 330 g/mol. The molecule has 3 rings (SSSR count). The molecule has 3 aromatic rings. The van der Waals surface area contributed by atoms with E-state index < -0.39 is 4.92 Å². The van der Waals surface area contributed by atoms with Gasteiger partial charge in [0.05, 0.1) is 4.92 Å². The number of anilines is 1. The van der Waals surface area contributed by atoms with Gasteiger partial charge in [0, 0.05) is 42.7 Å². The summed E-state index contributed by atoms with van der Waals surface area (Å²) in [6, 6.07) is 11.6. The SMILES string of the molecule is O=[N+]([O-])c1ccc(CNc2cc(Cl)nc(-c3cccnc3)n2)cc1. The minimum atomic E-state index is -0.429. The number of non-ortho nitro benzene ring substituents is 1. The van der Waals surface area contributed by atoms with Gasteiger partial charge in [-0.2, -0.15) is 0 Å². The van der Waals surface area contributed by atoms with E-state index in [9.17, 15) is 10.1 Å². The summed E-state index contributed by atoms with van der Waals surface area (Å²) in [6.45, 7) is 0.456. The number of aromatic nitrogens is 3. The van der Waals surface area contributed by atoms with E-state index >= 15 is 0 Å². The summed E-state index contributed by atoms with van der Waals surface area (Å²) in [5, 5.41) is 14.1. The molecule has 0 saturated heterocycles. The number of halogens is 1. The Hall–Kier alpha value is -3.06. The third kappa shape index (κ3) is 3.82. The Balaban J connectivity index is 1.75. The second-order valence-corrected chi connectivity index (χ2v) is 5.31. The van der Waals surface area contributed by atoms with Gasteiger partial charge in [-0.05, 0) is 17.7 Å². The lowest BCUT2D eigenvalue weighted by Crippen LogP contribution is -2.03. The molecule has 120 valence electrons. The zero-order chi connectivity index (χ0) is 16.9. The number of nitro groups is 1. The number of hydrogen-bond donors (Lipinski definition) is 1. The number of nitro benzene ring substituents is 1. The Morgan fingerprint density at radius 2 is 1.96 bits per heavy atom. The summed E-state index contributed by atoms with van der Waals surface area (Å²) in [4.78, 5) is 22.9. The summed E-state index contributed by atoms with van der Waals surface area (Å²) in [5.74, 6) is 1.04. The van der Waals surface area contributed by atoms with Gasteiger partial charge in [-0.1, -0.05) is 23.7 Å². The predicted octanol–water partition coefficient (Wildman–Crippen LogP) is 3.71. The maximum absolute atomic E-state index is 10.7. The molecule has 0 fully saturated rings. The highest BCUT2D eigenvalue weighted by molar-refractivity contribution is 6.29. The third-order valence-corrected chi connectivity index (χ3v) is 3.43. The van der Waals surface area contributed by atoms with Gasteiger partial charge in [0.1, 0.15) is 11.0 Å². The van der Waals surface area contributed by atoms with E-state index in [1.165, 1.54) is 12.1 Å². The highest BCUT2D eigenvalue weighted by Crippen LogP contribution is 2.20. The second-order valence-electron chi connectivity index (χ2n) is 4.92. The van der Waals surface area contributed by atoms with Crippen LogP contribution in [-0.2, 0) is 6.54 Å². The van der Waals surface area contributed by atoms with Gasteiger partial charge in [-0.3, -0.25) is 15.1 Å². The van der Waals surface area contributed by atoms with E-state index in [-0.39, 0.29) is 5.69 Å². The molecule has 2 aromatic heterocycles. The number of hydrogen-bond acceptors (Lipinski definition) is 6. The maximum Gasteiger partial charge on any atom is 0.269 e. The van der Waals surface area contributed by atoms with E-state index in [0.717, 1.165) is 11.1 Å². The van der Waals surface area contributed by atoms with Crippen molar-refractivity contribution in [1.29, 1.82) is 0 Å². The van der Waals surface area contributed by atoms with Gasteiger partial charge in [-0.15, -0.1) is 0 Å². The molecule has 0 unspecified atom stereocenters. The third-order valence-electron chi connectivity index (χ3n) is 3.24. The number of pyridine rings is 1. The Labute approximate surface area is 142 Å². The first-order valence-electron chi connectivity index (χ1n) is 7.04. The van der Waals surface area contributed by atoms with Crippen molar-refractivity contribution in [2.75, 3.05) is 5.32 Å². The predicted molar refractivity (Wildman–Crippen MR) is 90.7 cm³/mol. The molecule has 24 heavy (non-hydrogen) atoms. The minimum Gasteiger partial charge on any atom is -0.366 e. The average Bonchev–Trinajstić information content (AvgIpc) is 2.60. The molecule has 1 N–H and O–H groups in total. The van der Waals surface area contributed by atoms with Gasteiger partial charge in [-0.25, -0.2) is 9.97 Å². The molecule has 0 aliphatic rings. The van der Waals surface area contributed by atoms with Crippen LogP contribution in [0.15, 0.2) is 54.9 Å². The van der Waals surface area contributed by atoms with E-state index in [4.69, 9.17) is 11.6 Å². The van der Waals surface area contributed by atoms with Crippen LogP contribution >= 0.6 is 11.6 Å². The summed E-state index contributed by atoms with van der Waals surface area (Å²) in [5.41, 5.74) is 1.71. The van der Waals surface area contributed by atoms with Gasteiger partial charge in [0.25, 0.3) is 5.69 Å². The zero-order valence-electron chi connectivity index (χ0n) is 12.4. The lowest BCUT2D eigenvalue weighted by Gasteiger charge is -2.08. The van der Waals surface area contributed by atoms with Crippen molar-refractivity contribution in [2.24, 2.45) is 0 Å². The van der Waals surface area contributed by atoms with Gasteiger partial charge >= 0.3 is 0 Å². The summed E-state index contributed by atoms with van der Waals surface area (Å²) >= 11 is 6.05. The lowest BCUT2D eigenvalue weighted by molar-refractivity contribution is -0.384. The van der Waals surface area contributed by atoms with Crippen molar-refractivity contribution < 1.29 is 4.92 Å². The maximum atomic E-state index is 10.7. The fourth-order valence-electron chi connectivity index (χ4n) is 2.06. The zero-order valence-corrected chi connectivity index (χ0v) is 13.1. The van der Waals surface area contributed by atoms with Crippen molar-refractivity contribution in [3.8, 4) is 11.4 Å². The normalized spacial score (nSPS) is 10.4. The molecule has 2 heterocycles. The average molecular weight is 342 g/mol. The monoisotopic (exact) mass is 341 g/mol. The fraction of sp³-hybridized carbons (Fsp3) is 0.0625. The highest BCUT2D eigenvalue weighted by atomic mass is 35.5. The molecule has 0 spiro atoms. The lowest BCUT2D eigenvalue weighted by atomic mass is 10.2. The first-order valence-corrected chi connectivity index (χ1v) is 7.42. The molecule has 0 aliphatic carbocycles. The Morgan fingerprint density at radius 1 is 1.17 bits per heavy atom. The molecule has 1 aromatic carbocycles. The second kappa shape index (κ2) is 7.01. The Kier molecular flexibility index (Phi) is 4.62. The van der Waals surface area contributed by atoms with E-state index in [0.29, 0.717) is 23.3 Å². The number of benzene rings is 1. The van der Waals surface area contributed by atoms with Gasteiger partial charge in [0.2, 0.25) is 0 Å². The van der Waals surface area contributed by atoms with Crippen LogP contribution in [0.25, 0.3) is 11.4 Å². The van der Waals surface area contributed by atoms with Crippen LogP contribution in [0.5, 0.6) is 0 Å². The van der Waals surface area contributed by atoms with Crippen molar-refractivity contribution in [3.05, 3.63) is 75.7 Å². The van der Waals surface area contributed by atoms with E-state index in [1.54, 1.807) is 36.7 Å². The first-order chi connectivity index (χ1) is 11.6. The fourth-order valence-corrected chi connectivity index (χ4v) is 2.24. The quantitative estimate of drug-likeness (QED) is 0.432. The number of nitrogens with one attached hydrogen (secondary N) is 1. The largest absolute Gasteiger partial charge is 0.366 e. The highest BCUT2D eigenvalue weighted by Gasteiger charge is 2.07. The molecule has 0 amide bonds. The molecular formula is C16H12ClN5O2. The molecule has 7 nitrogen and oxygen atoms in total. The summed E-state index contributed by atoms with van der Waals surface area (Å²) in [6.07, 6.45) is 3.33. The minimum absolute atomic E-state index is 0.0581. The standard InChI is InChI=1S/C16H12ClN5O2/c17-14-8-15(21-16(20-14)12-2-1-7-18-10-12)19-9-11-3-5-13(6-4-11)22(23)24/h1-8,10H,9H2,(H,19,20,21). The summed E-state index contributed by atoms with van der Waals surface area (Å²) < 4.78 is 0. The van der Waals surface area contributed by atoms with E-state index in [2.05, 4.69) is 20.3 Å². The van der Waals surface area contributed by atoms with Crippen molar-refractivity contribution in [3.63, 3.8) is 0 Å². The van der Waals surface area contributed by atoms with Gasteiger partial charge < -0.3 is 5.32 Å². The van der Waals surface area contributed by atoms with Crippen molar-refractivity contribution in [2.45, 2.75) is 6.54 Å². The topological polar surface area (TPSA) is 93.8 Å². The van der Waals surface area contributed by atoms with Crippen LogP contribution < -0.4 is 5.32 Å². The Bertz CT molecular complexity index is 856. The van der Waals surface area contributed by atoms with Gasteiger partial charge in [0.15, 0.2) is 5.82 Å². The van der Waals surface area contributed by atoms with Crippen molar-refractivity contribution in [1.82, 2.24) is 15.0 Å². The number of rotatable bonds is 5. The molecule has 8 heteroatoms. The molecule has 0 bridgehead atoms. The Morgan fingerprint density at radius 3 is 2.62 bits per heavy atom. The van der Waals surface area contributed by atoms with Crippen molar-refractivity contribution >= 4 is 23.1 Å². The first kappa shape index (κ1) is 15.8. The van der Waals surface area contributed by atoms with Crippen LogP contribution in [0.4, 0.5) is 11.5 Å². The summed E-state index contributed by atoms with van der Waals surface area (Å²) in [7, 11) is 0. The smallest absolute Gasteiger partial charge is 0.269 e. The number of nitrogens with zero attached hydrogens (tertiary/aromatic N) is 4. The van der Waals surface area contributed by atoms with Crippen LogP contribution in [0.1, 0.15) is 5.56 Å². The van der Waals surface area contributed by atoms with Crippen LogP contribution in [0, 0.1) is 10.1 Å². The van der Waals surface area contributed by atoms with Crippen LogP contribution in [-0.4, -0.2) is 19.9 Å². The van der Waals surface area contributed by atoms with Crippen LogP contribution in [0.2, 0.25) is 5.15 Å². The van der Waals surface area contributed by atoms with E-state index in [1.807, 2.05) is 6.07 Å². The molecule has 0 atom stereocenters. The molecule has 0 radical (unpaired) electrons. The molecule has 0 saturated carbocycles. The molecule has 0 aliphatic heterocycles.